The van der Waals surface area contributed by atoms with Crippen LogP contribution in [0.3, 0.4) is 0 Å². The van der Waals surface area contributed by atoms with E-state index >= 15 is 0 Å². The molecule has 1 heterocycles. The summed E-state index contributed by atoms with van der Waals surface area (Å²) in [6, 6.07) is 7.24. The van der Waals surface area contributed by atoms with Crippen LogP contribution in [0.25, 0.3) is 0 Å². The van der Waals surface area contributed by atoms with E-state index in [1.54, 1.807) is 12.1 Å². The molecule has 2 N–H and O–H groups in total. The maximum absolute atomic E-state index is 11.8. The molecule has 0 saturated carbocycles. The van der Waals surface area contributed by atoms with Gasteiger partial charge in [0, 0.05) is 29.0 Å². The first kappa shape index (κ1) is 12.1. The van der Waals surface area contributed by atoms with E-state index in [1.807, 2.05) is 12.1 Å². The minimum Gasteiger partial charge on any atom is -0.352 e. The molecule has 0 radical (unpaired) electrons. The zero-order chi connectivity index (χ0) is 12.3. The average Bonchev–Trinajstić information content (AvgIpc) is 2.73. The van der Waals surface area contributed by atoms with Crippen molar-refractivity contribution in [3.05, 3.63) is 34.3 Å². The zero-order valence-corrected chi connectivity index (χ0v) is 10.8. The van der Waals surface area contributed by atoms with Crippen molar-refractivity contribution < 1.29 is 9.59 Å². The fourth-order valence-corrected chi connectivity index (χ4v) is 2.01. The second-order valence-corrected chi connectivity index (χ2v) is 4.94. The molecule has 4 nitrogen and oxygen atoms in total. The summed E-state index contributed by atoms with van der Waals surface area (Å²) in [6.45, 7) is 0.487. The monoisotopic (exact) mass is 296 g/mol. The molecule has 0 aliphatic carbocycles. The highest BCUT2D eigenvalue weighted by atomic mass is 79.9. The van der Waals surface area contributed by atoms with Gasteiger partial charge in [0.15, 0.2) is 0 Å². The molecule has 5 heteroatoms. The number of hydrogen-bond donors (Lipinski definition) is 2. The van der Waals surface area contributed by atoms with Crippen LogP contribution < -0.4 is 10.6 Å². The molecule has 1 fully saturated rings. The third kappa shape index (κ3) is 3.30. The van der Waals surface area contributed by atoms with Gasteiger partial charge in [0.05, 0.1) is 0 Å². The van der Waals surface area contributed by atoms with E-state index in [2.05, 4.69) is 26.6 Å². The molecule has 1 aliphatic rings. The fourth-order valence-electron chi connectivity index (χ4n) is 1.75. The van der Waals surface area contributed by atoms with Crippen molar-refractivity contribution in [1.82, 2.24) is 10.6 Å². The molecular weight excluding hydrogens is 284 g/mol. The molecule has 2 amide bonds. The Hall–Kier alpha value is -1.36. The molecule has 0 spiro atoms. The molecule has 1 aromatic rings. The standard InChI is InChI=1S/C12H13BrN2O2/c13-9-3-1-8(2-4-9)12(17)14-7-10-5-6-11(16)15-10/h1-4,10H,5-7H2,(H,14,17)(H,15,16). The van der Waals surface area contributed by atoms with Gasteiger partial charge in [-0.15, -0.1) is 0 Å². The van der Waals surface area contributed by atoms with E-state index in [-0.39, 0.29) is 17.9 Å². The summed E-state index contributed by atoms with van der Waals surface area (Å²) >= 11 is 3.31. The minimum absolute atomic E-state index is 0.0629. The summed E-state index contributed by atoms with van der Waals surface area (Å²) in [4.78, 5) is 22.7. The van der Waals surface area contributed by atoms with Crippen LogP contribution in [0, 0.1) is 0 Å². The van der Waals surface area contributed by atoms with Gasteiger partial charge in [-0.05, 0) is 30.7 Å². The molecule has 0 bridgehead atoms. The minimum atomic E-state index is -0.112. The van der Waals surface area contributed by atoms with Crippen LogP contribution in [0.2, 0.25) is 0 Å². The highest BCUT2D eigenvalue weighted by molar-refractivity contribution is 9.10. The van der Waals surface area contributed by atoms with Crippen molar-refractivity contribution in [3.63, 3.8) is 0 Å². The summed E-state index contributed by atoms with van der Waals surface area (Å²) in [7, 11) is 0. The van der Waals surface area contributed by atoms with Crippen molar-refractivity contribution >= 4 is 27.7 Å². The van der Waals surface area contributed by atoms with E-state index in [0.717, 1.165) is 10.9 Å². The lowest BCUT2D eigenvalue weighted by molar-refractivity contribution is -0.119. The second-order valence-electron chi connectivity index (χ2n) is 4.02. The zero-order valence-electron chi connectivity index (χ0n) is 9.20. The number of benzene rings is 1. The van der Waals surface area contributed by atoms with Crippen molar-refractivity contribution in [2.75, 3.05) is 6.54 Å². The van der Waals surface area contributed by atoms with Crippen LogP contribution in [0.5, 0.6) is 0 Å². The highest BCUT2D eigenvalue weighted by Crippen LogP contribution is 2.10. The molecular formula is C12H13BrN2O2. The predicted molar refractivity (Wildman–Crippen MR) is 67.6 cm³/mol. The molecule has 90 valence electrons. The number of halogens is 1. The molecule has 17 heavy (non-hydrogen) atoms. The first-order valence-electron chi connectivity index (χ1n) is 5.48. The van der Waals surface area contributed by atoms with Gasteiger partial charge in [-0.1, -0.05) is 15.9 Å². The Balaban J connectivity index is 1.85. The Morgan fingerprint density at radius 3 is 2.71 bits per heavy atom. The van der Waals surface area contributed by atoms with E-state index in [0.29, 0.717) is 18.5 Å². The van der Waals surface area contributed by atoms with Crippen molar-refractivity contribution in [1.29, 1.82) is 0 Å². The Morgan fingerprint density at radius 2 is 2.12 bits per heavy atom. The first-order valence-corrected chi connectivity index (χ1v) is 6.27. The van der Waals surface area contributed by atoms with Crippen LogP contribution in [0.15, 0.2) is 28.7 Å². The summed E-state index contributed by atoms with van der Waals surface area (Å²) in [6.07, 6.45) is 1.35. The van der Waals surface area contributed by atoms with Crippen LogP contribution >= 0.6 is 15.9 Å². The fraction of sp³-hybridized carbons (Fsp3) is 0.333. The average molecular weight is 297 g/mol. The molecule has 1 atom stereocenters. The lowest BCUT2D eigenvalue weighted by atomic mass is 10.2. The Morgan fingerprint density at radius 1 is 1.41 bits per heavy atom. The number of carbonyl (C=O) groups is 2. The normalized spacial score (nSPS) is 18.9. The van der Waals surface area contributed by atoms with Crippen LogP contribution in [-0.4, -0.2) is 24.4 Å². The second kappa shape index (κ2) is 5.31. The van der Waals surface area contributed by atoms with Gasteiger partial charge in [0.1, 0.15) is 0 Å². The van der Waals surface area contributed by atoms with Gasteiger partial charge < -0.3 is 10.6 Å². The maximum Gasteiger partial charge on any atom is 0.251 e. The van der Waals surface area contributed by atoms with Crippen molar-refractivity contribution in [2.45, 2.75) is 18.9 Å². The lowest BCUT2D eigenvalue weighted by Gasteiger charge is -2.11. The molecule has 1 aliphatic heterocycles. The van der Waals surface area contributed by atoms with Crippen LogP contribution in [0.1, 0.15) is 23.2 Å². The predicted octanol–water partition coefficient (Wildman–Crippen LogP) is 1.46. The molecule has 1 aromatic carbocycles. The van der Waals surface area contributed by atoms with E-state index in [9.17, 15) is 9.59 Å². The summed E-state index contributed by atoms with van der Waals surface area (Å²) in [5.74, 6) is -0.0495. The van der Waals surface area contributed by atoms with E-state index in [1.165, 1.54) is 0 Å². The third-order valence-electron chi connectivity index (χ3n) is 2.70. The number of rotatable bonds is 3. The summed E-state index contributed by atoms with van der Waals surface area (Å²) in [5, 5.41) is 5.62. The number of amides is 2. The largest absolute Gasteiger partial charge is 0.352 e. The SMILES string of the molecule is O=C1CCC(CNC(=O)c2ccc(Br)cc2)N1. The molecule has 2 rings (SSSR count). The van der Waals surface area contributed by atoms with Crippen molar-refractivity contribution in [3.8, 4) is 0 Å². The van der Waals surface area contributed by atoms with Crippen LogP contribution in [0.4, 0.5) is 0 Å². The molecule has 1 saturated heterocycles. The quantitative estimate of drug-likeness (QED) is 0.887. The Labute approximate surface area is 108 Å². The van der Waals surface area contributed by atoms with Crippen LogP contribution in [-0.2, 0) is 4.79 Å². The Kier molecular flexibility index (Phi) is 3.78. The van der Waals surface area contributed by atoms with E-state index < -0.39 is 0 Å². The highest BCUT2D eigenvalue weighted by Gasteiger charge is 2.20. The van der Waals surface area contributed by atoms with Gasteiger partial charge in [-0.3, -0.25) is 9.59 Å². The van der Waals surface area contributed by atoms with Gasteiger partial charge in [-0.25, -0.2) is 0 Å². The lowest BCUT2D eigenvalue weighted by Crippen LogP contribution is -2.38. The van der Waals surface area contributed by atoms with Gasteiger partial charge in [0.25, 0.3) is 5.91 Å². The smallest absolute Gasteiger partial charge is 0.251 e. The molecule has 0 aromatic heterocycles. The van der Waals surface area contributed by atoms with Gasteiger partial charge in [-0.2, -0.15) is 0 Å². The number of nitrogens with one attached hydrogen (secondary N) is 2. The Bertz CT molecular complexity index is 431. The maximum atomic E-state index is 11.8. The third-order valence-corrected chi connectivity index (χ3v) is 3.23. The number of carbonyl (C=O) groups excluding carboxylic acids is 2. The topological polar surface area (TPSA) is 58.2 Å². The van der Waals surface area contributed by atoms with E-state index in [4.69, 9.17) is 0 Å². The van der Waals surface area contributed by atoms with Gasteiger partial charge in [0.2, 0.25) is 5.91 Å². The number of hydrogen-bond acceptors (Lipinski definition) is 2. The molecule has 1 unspecified atom stereocenters. The summed E-state index contributed by atoms with van der Waals surface area (Å²) in [5.41, 5.74) is 0.623. The van der Waals surface area contributed by atoms with Gasteiger partial charge >= 0.3 is 0 Å². The summed E-state index contributed by atoms with van der Waals surface area (Å²) < 4.78 is 0.942. The first-order chi connectivity index (χ1) is 8.15. The van der Waals surface area contributed by atoms with Crippen molar-refractivity contribution in [2.24, 2.45) is 0 Å².